The minimum absolute atomic E-state index is 0.256. The molecule has 1 atom stereocenters. The monoisotopic (exact) mass is 166 g/mol. The summed E-state index contributed by atoms with van der Waals surface area (Å²) >= 11 is 0. The van der Waals surface area contributed by atoms with E-state index in [1.54, 1.807) is 22.9 Å². The highest BCUT2D eigenvalue weighted by atomic mass is 16.3. The summed E-state index contributed by atoms with van der Waals surface area (Å²) in [5.74, 6) is 0. The maximum atomic E-state index is 9.07. The van der Waals surface area contributed by atoms with Crippen molar-refractivity contribution in [1.82, 2.24) is 4.57 Å². The largest absolute Gasteiger partial charge is 0.394 e. The second-order valence-corrected chi connectivity index (χ2v) is 2.49. The van der Waals surface area contributed by atoms with Gasteiger partial charge in [0, 0.05) is 6.20 Å². The molecule has 0 saturated heterocycles. The molecule has 1 heterocycles. The molecule has 4 nitrogen and oxygen atoms in total. The van der Waals surface area contributed by atoms with Crippen LogP contribution in [-0.4, -0.2) is 27.5 Å². The summed E-state index contributed by atoms with van der Waals surface area (Å²) < 4.78 is 1.60. The SMILES string of the molecule is N#Cc1cccn1CC(O)CO. The van der Waals surface area contributed by atoms with E-state index in [4.69, 9.17) is 15.5 Å². The van der Waals surface area contributed by atoms with Gasteiger partial charge < -0.3 is 14.8 Å². The van der Waals surface area contributed by atoms with Crippen LogP contribution in [0.5, 0.6) is 0 Å². The fourth-order valence-electron chi connectivity index (χ4n) is 0.960. The summed E-state index contributed by atoms with van der Waals surface area (Å²) in [6, 6.07) is 5.36. The molecular weight excluding hydrogens is 156 g/mol. The van der Waals surface area contributed by atoms with Gasteiger partial charge in [-0.3, -0.25) is 0 Å². The van der Waals surface area contributed by atoms with Crippen LogP contribution >= 0.6 is 0 Å². The molecule has 2 N–H and O–H groups in total. The van der Waals surface area contributed by atoms with Crippen molar-refractivity contribution in [3.05, 3.63) is 24.0 Å². The predicted molar refractivity (Wildman–Crippen MR) is 42.2 cm³/mol. The molecule has 4 heteroatoms. The number of hydrogen-bond donors (Lipinski definition) is 2. The number of nitriles is 1. The Hall–Kier alpha value is -1.31. The van der Waals surface area contributed by atoms with E-state index in [1.165, 1.54) is 0 Å². The molecule has 1 rings (SSSR count). The molecule has 0 spiro atoms. The van der Waals surface area contributed by atoms with Crippen molar-refractivity contribution in [2.45, 2.75) is 12.6 Å². The van der Waals surface area contributed by atoms with Gasteiger partial charge in [0.05, 0.1) is 19.3 Å². The number of hydrogen-bond acceptors (Lipinski definition) is 3. The van der Waals surface area contributed by atoms with E-state index in [0.717, 1.165) is 0 Å². The number of aliphatic hydroxyl groups is 2. The molecule has 1 unspecified atom stereocenters. The number of aromatic nitrogens is 1. The van der Waals surface area contributed by atoms with Crippen molar-refractivity contribution in [2.75, 3.05) is 6.61 Å². The molecule has 0 aliphatic carbocycles. The van der Waals surface area contributed by atoms with E-state index in [2.05, 4.69) is 0 Å². The van der Waals surface area contributed by atoms with Crippen LogP contribution in [0.25, 0.3) is 0 Å². The molecule has 0 fully saturated rings. The van der Waals surface area contributed by atoms with Crippen molar-refractivity contribution in [3.8, 4) is 6.07 Å². The van der Waals surface area contributed by atoms with Gasteiger partial charge in [0.15, 0.2) is 0 Å². The Morgan fingerprint density at radius 1 is 1.67 bits per heavy atom. The average Bonchev–Trinajstić information content (AvgIpc) is 2.51. The maximum Gasteiger partial charge on any atom is 0.120 e. The van der Waals surface area contributed by atoms with Gasteiger partial charge in [-0.15, -0.1) is 0 Å². The molecule has 0 bridgehead atoms. The van der Waals surface area contributed by atoms with Crippen molar-refractivity contribution < 1.29 is 10.2 Å². The molecule has 0 saturated carbocycles. The lowest BCUT2D eigenvalue weighted by Crippen LogP contribution is -2.19. The van der Waals surface area contributed by atoms with Gasteiger partial charge in [-0.25, -0.2) is 0 Å². The van der Waals surface area contributed by atoms with E-state index in [1.807, 2.05) is 6.07 Å². The van der Waals surface area contributed by atoms with Crippen molar-refractivity contribution >= 4 is 0 Å². The van der Waals surface area contributed by atoms with Crippen LogP contribution < -0.4 is 0 Å². The number of rotatable bonds is 3. The fraction of sp³-hybridized carbons (Fsp3) is 0.375. The normalized spacial score (nSPS) is 12.4. The highest BCUT2D eigenvalue weighted by Gasteiger charge is 2.05. The first kappa shape index (κ1) is 8.78. The van der Waals surface area contributed by atoms with Crippen LogP contribution in [-0.2, 0) is 6.54 Å². The lowest BCUT2D eigenvalue weighted by atomic mass is 10.3. The fourth-order valence-corrected chi connectivity index (χ4v) is 0.960. The Labute approximate surface area is 70.3 Å². The first-order valence-corrected chi connectivity index (χ1v) is 3.62. The lowest BCUT2D eigenvalue weighted by molar-refractivity contribution is 0.0811. The van der Waals surface area contributed by atoms with E-state index in [0.29, 0.717) is 5.69 Å². The zero-order chi connectivity index (χ0) is 8.97. The molecule has 1 aromatic heterocycles. The molecule has 0 aromatic carbocycles. The van der Waals surface area contributed by atoms with E-state index in [9.17, 15) is 0 Å². The summed E-state index contributed by atoms with van der Waals surface area (Å²) in [6.45, 7) is -0.0323. The van der Waals surface area contributed by atoms with Gasteiger partial charge in [-0.2, -0.15) is 5.26 Å². The summed E-state index contributed by atoms with van der Waals surface area (Å²) in [5.41, 5.74) is 0.488. The number of aliphatic hydroxyl groups excluding tert-OH is 2. The summed E-state index contributed by atoms with van der Waals surface area (Å²) in [7, 11) is 0. The molecular formula is C8H10N2O2. The Bertz CT molecular complexity index is 287. The Kier molecular flexibility index (Phi) is 2.86. The van der Waals surface area contributed by atoms with Gasteiger partial charge in [-0.05, 0) is 12.1 Å². The Balaban J connectivity index is 2.69. The van der Waals surface area contributed by atoms with Crippen LogP contribution in [0.3, 0.4) is 0 Å². The minimum Gasteiger partial charge on any atom is -0.394 e. The van der Waals surface area contributed by atoms with Gasteiger partial charge in [0.2, 0.25) is 0 Å². The van der Waals surface area contributed by atoms with Gasteiger partial charge in [0.25, 0.3) is 0 Å². The second-order valence-electron chi connectivity index (χ2n) is 2.49. The number of nitrogens with zero attached hydrogens (tertiary/aromatic N) is 2. The Morgan fingerprint density at radius 2 is 2.42 bits per heavy atom. The van der Waals surface area contributed by atoms with Crippen LogP contribution in [0.15, 0.2) is 18.3 Å². The third kappa shape index (κ3) is 1.84. The molecule has 0 aliphatic heterocycles. The third-order valence-corrected chi connectivity index (χ3v) is 1.56. The molecule has 0 amide bonds. The lowest BCUT2D eigenvalue weighted by Gasteiger charge is -2.08. The highest BCUT2D eigenvalue weighted by molar-refractivity contribution is 5.21. The average molecular weight is 166 g/mol. The van der Waals surface area contributed by atoms with Gasteiger partial charge in [-0.1, -0.05) is 0 Å². The van der Waals surface area contributed by atoms with Crippen molar-refractivity contribution in [1.29, 1.82) is 5.26 Å². The smallest absolute Gasteiger partial charge is 0.120 e. The maximum absolute atomic E-state index is 9.07. The van der Waals surface area contributed by atoms with Crippen LogP contribution in [0.2, 0.25) is 0 Å². The molecule has 0 radical (unpaired) electrons. The zero-order valence-electron chi connectivity index (χ0n) is 6.51. The standard InChI is InChI=1S/C8H10N2O2/c9-4-7-2-1-3-10(7)5-8(12)6-11/h1-3,8,11-12H,5-6H2. The van der Waals surface area contributed by atoms with Crippen molar-refractivity contribution in [2.24, 2.45) is 0 Å². The Morgan fingerprint density at radius 3 is 3.00 bits per heavy atom. The summed E-state index contributed by atoms with van der Waals surface area (Å²) in [4.78, 5) is 0. The molecule has 64 valence electrons. The molecule has 12 heavy (non-hydrogen) atoms. The van der Waals surface area contributed by atoms with E-state index < -0.39 is 6.10 Å². The molecule has 1 aromatic rings. The van der Waals surface area contributed by atoms with E-state index >= 15 is 0 Å². The second kappa shape index (κ2) is 3.90. The zero-order valence-corrected chi connectivity index (χ0v) is 6.51. The summed E-state index contributed by atoms with van der Waals surface area (Å²) in [5, 5.41) is 26.2. The first-order chi connectivity index (χ1) is 5.77. The quantitative estimate of drug-likeness (QED) is 0.648. The van der Waals surface area contributed by atoms with Gasteiger partial charge >= 0.3 is 0 Å². The van der Waals surface area contributed by atoms with Crippen LogP contribution in [0.1, 0.15) is 5.69 Å². The highest BCUT2D eigenvalue weighted by Crippen LogP contribution is 2.01. The predicted octanol–water partition coefficient (Wildman–Crippen LogP) is -0.287. The van der Waals surface area contributed by atoms with Crippen LogP contribution in [0, 0.1) is 11.3 Å². The van der Waals surface area contributed by atoms with Crippen LogP contribution in [0.4, 0.5) is 0 Å². The van der Waals surface area contributed by atoms with Crippen molar-refractivity contribution in [3.63, 3.8) is 0 Å². The summed E-state index contributed by atoms with van der Waals surface area (Å²) in [6.07, 6.45) is 0.891. The first-order valence-electron chi connectivity index (χ1n) is 3.62. The van der Waals surface area contributed by atoms with E-state index in [-0.39, 0.29) is 13.2 Å². The topological polar surface area (TPSA) is 69.2 Å². The minimum atomic E-state index is -0.801. The van der Waals surface area contributed by atoms with Gasteiger partial charge in [0.1, 0.15) is 11.8 Å². The molecule has 0 aliphatic rings. The third-order valence-electron chi connectivity index (χ3n) is 1.56.